The fourth-order valence-corrected chi connectivity index (χ4v) is 2.11. The van der Waals surface area contributed by atoms with Crippen LogP contribution in [0, 0.1) is 5.82 Å². The number of halogens is 2. The van der Waals surface area contributed by atoms with E-state index in [4.69, 9.17) is 16.8 Å². The number of carbonyl (C=O) groups excluding carboxylic acids is 2. The quantitative estimate of drug-likeness (QED) is 0.474. The average Bonchev–Trinajstić information content (AvgIpc) is 2.59. The van der Waals surface area contributed by atoms with E-state index in [9.17, 15) is 14.0 Å². The summed E-state index contributed by atoms with van der Waals surface area (Å²) in [7, 11) is 0. The van der Waals surface area contributed by atoms with E-state index < -0.39 is 17.9 Å². The monoisotopic (exact) mass is 351 g/mol. The molecule has 2 aromatic rings. The van der Waals surface area contributed by atoms with E-state index in [1.54, 1.807) is 24.3 Å². The zero-order chi connectivity index (χ0) is 17.5. The topological polar surface area (TPSA) is 90.5 Å². The SMILES string of the molecule is O=C(CNc1ccc(F)cc1)NC(C(=O)NO)c1ccc(Cl)cc1. The first-order valence-electron chi connectivity index (χ1n) is 6.98. The van der Waals surface area contributed by atoms with E-state index in [1.165, 1.54) is 29.7 Å². The Labute approximate surface area is 142 Å². The first-order valence-corrected chi connectivity index (χ1v) is 7.35. The molecule has 0 spiro atoms. The van der Waals surface area contributed by atoms with Gasteiger partial charge in [0, 0.05) is 10.7 Å². The van der Waals surface area contributed by atoms with Crippen molar-refractivity contribution in [2.45, 2.75) is 6.04 Å². The van der Waals surface area contributed by atoms with Gasteiger partial charge < -0.3 is 10.6 Å². The van der Waals surface area contributed by atoms with Gasteiger partial charge in [0.15, 0.2) is 0 Å². The predicted octanol–water partition coefficient (Wildman–Crippen LogP) is 2.25. The van der Waals surface area contributed by atoms with Crippen LogP contribution in [-0.2, 0) is 9.59 Å². The first-order chi connectivity index (χ1) is 11.5. The summed E-state index contributed by atoms with van der Waals surface area (Å²) in [6.07, 6.45) is 0. The molecule has 0 radical (unpaired) electrons. The highest BCUT2D eigenvalue weighted by molar-refractivity contribution is 6.30. The van der Waals surface area contributed by atoms with E-state index in [0.29, 0.717) is 16.3 Å². The van der Waals surface area contributed by atoms with E-state index >= 15 is 0 Å². The summed E-state index contributed by atoms with van der Waals surface area (Å²) in [6.45, 7) is -0.131. The zero-order valence-electron chi connectivity index (χ0n) is 12.4. The summed E-state index contributed by atoms with van der Waals surface area (Å²) in [5.74, 6) is -1.65. The normalized spacial score (nSPS) is 11.5. The minimum atomic E-state index is -1.07. The van der Waals surface area contributed by atoms with Gasteiger partial charge in [0.2, 0.25) is 5.91 Å². The van der Waals surface area contributed by atoms with Gasteiger partial charge in [-0.05, 0) is 42.0 Å². The Bertz CT molecular complexity index is 708. The standard InChI is InChI=1S/C16H15ClFN3O3/c17-11-3-1-10(2-4-11)15(16(23)21-24)20-14(22)9-19-13-7-5-12(18)6-8-13/h1-8,15,19,24H,9H2,(H,20,22)(H,21,23). The van der Waals surface area contributed by atoms with Gasteiger partial charge in [-0.25, -0.2) is 9.87 Å². The van der Waals surface area contributed by atoms with Crippen molar-refractivity contribution in [3.8, 4) is 0 Å². The maximum Gasteiger partial charge on any atom is 0.270 e. The lowest BCUT2D eigenvalue weighted by atomic mass is 10.1. The molecule has 0 saturated carbocycles. The van der Waals surface area contributed by atoms with E-state index in [1.807, 2.05) is 0 Å². The molecule has 0 saturated heterocycles. The Morgan fingerprint density at radius 2 is 1.71 bits per heavy atom. The van der Waals surface area contributed by atoms with Crippen molar-refractivity contribution in [2.24, 2.45) is 0 Å². The smallest absolute Gasteiger partial charge is 0.270 e. The van der Waals surface area contributed by atoms with Crippen molar-refractivity contribution in [2.75, 3.05) is 11.9 Å². The summed E-state index contributed by atoms with van der Waals surface area (Å²) in [4.78, 5) is 23.8. The fourth-order valence-electron chi connectivity index (χ4n) is 1.98. The molecular weight excluding hydrogens is 337 g/mol. The van der Waals surface area contributed by atoms with Crippen LogP contribution >= 0.6 is 11.6 Å². The minimum Gasteiger partial charge on any atom is -0.376 e. The number of benzene rings is 2. The van der Waals surface area contributed by atoms with Crippen molar-refractivity contribution in [1.82, 2.24) is 10.8 Å². The van der Waals surface area contributed by atoms with Crippen LogP contribution in [0.25, 0.3) is 0 Å². The molecule has 2 amide bonds. The van der Waals surface area contributed by atoms with Crippen LogP contribution < -0.4 is 16.1 Å². The number of carbonyl (C=O) groups is 2. The number of hydrogen-bond donors (Lipinski definition) is 4. The fraction of sp³-hybridized carbons (Fsp3) is 0.125. The van der Waals surface area contributed by atoms with Gasteiger partial charge in [-0.3, -0.25) is 14.8 Å². The van der Waals surface area contributed by atoms with Crippen LogP contribution in [0.2, 0.25) is 5.02 Å². The van der Waals surface area contributed by atoms with Gasteiger partial charge in [0.1, 0.15) is 11.9 Å². The molecular formula is C16H15ClFN3O3. The molecule has 24 heavy (non-hydrogen) atoms. The second-order valence-electron chi connectivity index (χ2n) is 4.89. The van der Waals surface area contributed by atoms with Crippen LogP contribution in [0.1, 0.15) is 11.6 Å². The Morgan fingerprint density at radius 3 is 2.29 bits per heavy atom. The molecule has 0 fully saturated rings. The Hall–Kier alpha value is -2.64. The molecule has 0 aliphatic rings. The van der Waals surface area contributed by atoms with Crippen molar-refractivity contribution in [1.29, 1.82) is 0 Å². The van der Waals surface area contributed by atoms with Gasteiger partial charge in [-0.2, -0.15) is 0 Å². The highest BCUT2D eigenvalue weighted by Gasteiger charge is 2.22. The van der Waals surface area contributed by atoms with Crippen LogP contribution in [0.15, 0.2) is 48.5 Å². The Balaban J connectivity index is 2.00. The van der Waals surface area contributed by atoms with Crippen LogP contribution in [0.5, 0.6) is 0 Å². The zero-order valence-corrected chi connectivity index (χ0v) is 13.2. The largest absolute Gasteiger partial charge is 0.376 e. The first kappa shape index (κ1) is 17.7. The number of nitrogens with one attached hydrogen (secondary N) is 3. The molecule has 2 rings (SSSR count). The summed E-state index contributed by atoms with van der Waals surface area (Å²) in [5, 5.41) is 14.6. The molecule has 4 N–H and O–H groups in total. The summed E-state index contributed by atoms with van der Waals surface area (Å²) in [6, 6.07) is 10.7. The van der Waals surface area contributed by atoms with Gasteiger partial charge in [0.05, 0.1) is 6.54 Å². The number of hydrogen-bond acceptors (Lipinski definition) is 4. The van der Waals surface area contributed by atoms with Gasteiger partial charge in [-0.15, -0.1) is 0 Å². The third-order valence-electron chi connectivity index (χ3n) is 3.18. The van der Waals surface area contributed by atoms with Gasteiger partial charge >= 0.3 is 0 Å². The average molecular weight is 352 g/mol. The lowest BCUT2D eigenvalue weighted by Crippen LogP contribution is -2.41. The molecule has 0 aliphatic carbocycles. The molecule has 0 bridgehead atoms. The maximum absolute atomic E-state index is 12.8. The van der Waals surface area contributed by atoms with Gasteiger partial charge in [0.25, 0.3) is 5.91 Å². The Kier molecular flexibility index (Phi) is 6.11. The van der Waals surface area contributed by atoms with Crippen molar-refractivity contribution in [3.05, 3.63) is 64.9 Å². The molecule has 0 heterocycles. The number of amides is 2. The second-order valence-corrected chi connectivity index (χ2v) is 5.33. The van der Waals surface area contributed by atoms with Crippen LogP contribution in [-0.4, -0.2) is 23.6 Å². The second kappa shape index (κ2) is 8.28. The Morgan fingerprint density at radius 1 is 1.08 bits per heavy atom. The third-order valence-corrected chi connectivity index (χ3v) is 3.43. The summed E-state index contributed by atoms with van der Waals surface area (Å²) < 4.78 is 12.8. The van der Waals surface area contributed by atoms with E-state index in [0.717, 1.165) is 0 Å². The molecule has 1 atom stereocenters. The number of rotatable bonds is 6. The highest BCUT2D eigenvalue weighted by Crippen LogP contribution is 2.17. The molecule has 1 unspecified atom stereocenters. The van der Waals surface area contributed by atoms with Crippen LogP contribution in [0.3, 0.4) is 0 Å². The predicted molar refractivity (Wildman–Crippen MR) is 87.2 cm³/mol. The van der Waals surface area contributed by atoms with Crippen molar-refractivity contribution < 1.29 is 19.2 Å². The minimum absolute atomic E-state index is 0.131. The van der Waals surface area contributed by atoms with Crippen LogP contribution in [0.4, 0.5) is 10.1 Å². The molecule has 0 aromatic heterocycles. The van der Waals surface area contributed by atoms with Crippen molar-refractivity contribution >= 4 is 29.1 Å². The molecule has 0 aliphatic heterocycles. The lowest BCUT2D eigenvalue weighted by Gasteiger charge is -2.17. The third kappa shape index (κ3) is 4.94. The highest BCUT2D eigenvalue weighted by atomic mass is 35.5. The lowest BCUT2D eigenvalue weighted by molar-refractivity contribution is -0.134. The maximum atomic E-state index is 12.8. The van der Waals surface area contributed by atoms with Crippen molar-refractivity contribution in [3.63, 3.8) is 0 Å². The summed E-state index contributed by atoms with van der Waals surface area (Å²) >= 11 is 5.79. The number of hydroxylamine groups is 1. The molecule has 8 heteroatoms. The molecule has 126 valence electrons. The number of anilines is 1. The molecule has 6 nitrogen and oxygen atoms in total. The summed E-state index contributed by atoms with van der Waals surface area (Å²) in [5.41, 5.74) is 2.53. The van der Waals surface area contributed by atoms with Gasteiger partial charge in [-0.1, -0.05) is 23.7 Å². The molecule has 2 aromatic carbocycles. The van der Waals surface area contributed by atoms with E-state index in [2.05, 4.69) is 10.6 Å². The van der Waals surface area contributed by atoms with E-state index in [-0.39, 0.29) is 12.4 Å².